The minimum absolute atomic E-state index is 0.678. The number of anilines is 1. The highest BCUT2D eigenvalue weighted by Crippen LogP contribution is 2.23. The van der Waals surface area contributed by atoms with E-state index in [1.54, 1.807) is 12.4 Å². The Hall–Kier alpha value is -3.54. The van der Waals surface area contributed by atoms with Gasteiger partial charge in [-0.3, -0.25) is 9.67 Å². The second-order valence-electron chi connectivity index (χ2n) is 6.80. The van der Waals surface area contributed by atoms with Crippen molar-refractivity contribution in [2.45, 2.75) is 20.4 Å². The fourth-order valence-electron chi connectivity index (χ4n) is 3.04. The summed E-state index contributed by atoms with van der Waals surface area (Å²) in [4.78, 5) is 13.5. The van der Waals surface area contributed by atoms with E-state index in [1.165, 1.54) is 5.56 Å². The quantitative estimate of drug-likeness (QED) is 0.571. The predicted molar refractivity (Wildman–Crippen MR) is 111 cm³/mol. The molecule has 0 saturated carbocycles. The highest BCUT2D eigenvalue weighted by molar-refractivity contribution is 5.63. The number of nitrogens with one attached hydrogen (secondary N) is 1. The molecule has 0 amide bonds. The summed E-state index contributed by atoms with van der Waals surface area (Å²) in [6, 6.07) is 12.3. The Morgan fingerprint density at radius 1 is 0.964 bits per heavy atom. The van der Waals surface area contributed by atoms with Gasteiger partial charge in [-0.15, -0.1) is 0 Å². The largest absolute Gasteiger partial charge is 0.366 e. The van der Waals surface area contributed by atoms with Crippen molar-refractivity contribution in [3.63, 3.8) is 0 Å². The molecule has 0 atom stereocenters. The number of benzene rings is 1. The molecule has 0 saturated heterocycles. The molecule has 0 aliphatic heterocycles. The topological polar surface area (TPSA) is 68.5 Å². The third-order valence-electron chi connectivity index (χ3n) is 4.73. The van der Waals surface area contributed by atoms with E-state index in [2.05, 4.69) is 44.6 Å². The van der Waals surface area contributed by atoms with E-state index in [0.29, 0.717) is 12.4 Å². The molecule has 140 valence electrons. The molecule has 28 heavy (non-hydrogen) atoms. The van der Waals surface area contributed by atoms with Crippen LogP contribution in [0.1, 0.15) is 16.8 Å². The third-order valence-corrected chi connectivity index (χ3v) is 4.73. The normalized spacial score (nSPS) is 10.8. The Kier molecular flexibility index (Phi) is 4.85. The first-order chi connectivity index (χ1) is 13.6. The van der Waals surface area contributed by atoms with E-state index in [1.807, 2.05) is 50.1 Å². The lowest BCUT2D eigenvalue weighted by molar-refractivity contribution is 0.768. The van der Waals surface area contributed by atoms with Crippen LogP contribution in [0.2, 0.25) is 0 Å². The zero-order valence-electron chi connectivity index (χ0n) is 16.2. The van der Waals surface area contributed by atoms with E-state index >= 15 is 0 Å². The Morgan fingerprint density at radius 3 is 2.57 bits per heavy atom. The van der Waals surface area contributed by atoms with E-state index in [9.17, 15) is 0 Å². The van der Waals surface area contributed by atoms with Gasteiger partial charge < -0.3 is 5.32 Å². The van der Waals surface area contributed by atoms with Gasteiger partial charge in [-0.05, 0) is 43.2 Å². The summed E-state index contributed by atoms with van der Waals surface area (Å²) >= 11 is 0. The Labute approximate surface area is 164 Å². The molecule has 4 aromatic rings. The summed E-state index contributed by atoms with van der Waals surface area (Å²) in [6.45, 7) is 4.72. The zero-order valence-corrected chi connectivity index (χ0v) is 16.2. The molecule has 0 aliphatic rings. The Bertz CT molecular complexity index is 1100. The van der Waals surface area contributed by atoms with Crippen LogP contribution in [-0.2, 0) is 13.6 Å². The predicted octanol–water partition coefficient (Wildman–Crippen LogP) is 4.17. The number of hydrogen-bond acceptors (Lipinski definition) is 5. The minimum Gasteiger partial charge on any atom is -0.366 e. The molecule has 3 heterocycles. The van der Waals surface area contributed by atoms with Crippen LogP contribution >= 0.6 is 0 Å². The number of nitrogens with zero attached hydrogens (tertiary/aromatic N) is 5. The summed E-state index contributed by atoms with van der Waals surface area (Å²) in [7, 11) is 1.93. The van der Waals surface area contributed by atoms with Gasteiger partial charge in [0.25, 0.3) is 0 Å². The van der Waals surface area contributed by atoms with Crippen LogP contribution in [0, 0.1) is 13.8 Å². The molecule has 6 heteroatoms. The van der Waals surface area contributed by atoms with E-state index in [0.717, 1.165) is 33.8 Å². The van der Waals surface area contributed by atoms with Gasteiger partial charge in [0.15, 0.2) is 5.82 Å². The fraction of sp³-hybridized carbons (Fsp3) is 0.182. The maximum atomic E-state index is 4.73. The van der Waals surface area contributed by atoms with Crippen molar-refractivity contribution >= 4 is 5.82 Å². The van der Waals surface area contributed by atoms with Crippen LogP contribution in [0.15, 0.2) is 61.2 Å². The summed E-state index contributed by atoms with van der Waals surface area (Å²) in [5.41, 5.74) is 6.36. The molecule has 0 spiro atoms. The van der Waals surface area contributed by atoms with Crippen molar-refractivity contribution < 1.29 is 0 Å². The van der Waals surface area contributed by atoms with Crippen molar-refractivity contribution in [3.05, 3.63) is 78.0 Å². The molecule has 1 aromatic carbocycles. The van der Waals surface area contributed by atoms with Gasteiger partial charge in [0, 0.05) is 54.6 Å². The molecule has 6 nitrogen and oxygen atoms in total. The van der Waals surface area contributed by atoms with Gasteiger partial charge in [0.05, 0.1) is 6.20 Å². The minimum atomic E-state index is 0.678. The zero-order chi connectivity index (χ0) is 19.5. The average Bonchev–Trinajstić information content (AvgIpc) is 3.16. The maximum Gasteiger partial charge on any atom is 0.163 e. The standard InChI is InChI=1S/C22H22N6/c1-15-16(2)26-22(19-8-5-9-23-12-19)27-21(15)24-11-17-6-4-7-18(10-17)20-13-25-28(3)14-20/h4-10,12-14H,11H2,1-3H3,(H,24,26,27). The number of pyridine rings is 1. The lowest BCUT2D eigenvalue weighted by atomic mass is 10.1. The third kappa shape index (κ3) is 3.76. The van der Waals surface area contributed by atoms with Gasteiger partial charge in [0.2, 0.25) is 0 Å². The van der Waals surface area contributed by atoms with Gasteiger partial charge in [0.1, 0.15) is 5.82 Å². The fourth-order valence-corrected chi connectivity index (χ4v) is 3.04. The second kappa shape index (κ2) is 7.60. The van der Waals surface area contributed by atoms with Crippen molar-refractivity contribution in [1.29, 1.82) is 0 Å². The first kappa shape index (κ1) is 17.9. The number of aromatic nitrogens is 5. The van der Waals surface area contributed by atoms with E-state index < -0.39 is 0 Å². The lowest BCUT2D eigenvalue weighted by Gasteiger charge is -2.13. The molecule has 3 aromatic heterocycles. The lowest BCUT2D eigenvalue weighted by Crippen LogP contribution is -2.07. The maximum absolute atomic E-state index is 4.73. The van der Waals surface area contributed by atoms with Crippen molar-refractivity contribution in [2.75, 3.05) is 5.32 Å². The molecule has 0 unspecified atom stereocenters. The summed E-state index contributed by atoms with van der Waals surface area (Å²) in [5.74, 6) is 1.53. The molecule has 0 bridgehead atoms. The first-order valence-electron chi connectivity index (χ1n) is 9.17. The molecule has 4 rings (SSSR count). The molecular formula is C22H22N6. The van der Waals surface area contributed by atoms with Gasteiger partial charge in [-0.1, -0.05) is 18.2 Å². The average molecular weight is 370 g/mol. The van der Waals surface area contributed by atoms with E-state index in [4.69, 9.17) is 4.98 Å². The van der Waals surface area contributed by atoms with Crippen LogP contribution in [0.5, 0.6) is 0 Å². The smallest absolute Gasteiger partial charge is 0.163 e. The van der Waals surface area contributed by atoms with Crippen molar-refractivity contribution in [3.8, 4) is 22.5 Å². The van der Waals surface area contributed by atoms with Crippen LogP contribution < -0.4 is 5.32 Å². The molecule has 0 radical (unpaired) electrons. The van der Waals surface area contributed by atoms with E-state index in [-0.39, 0.29) is 0 Å². The number of hydrogen-bond donors (Lipinski definition) is 1. The van der Waals surface area contributed by atoms with Gasteiger partial charge >= 0.3 is 0 Å². The highest BCUT2D eigenvalue weighted by atomic mass is 15.2. The molecule has 1 N–H and O–H groups in total. The number of aryl methyl sites for hydroxylation is 2. The monoisotopic (exact) mass is 370 g/mol. The Morgan fingerprint density at radius 2 is 1.82 bits per heavy atom. The van der Waals surface area contributed by atoms with Gasteiger partial charge in [-0.25, -0.2) is 9.97 Å². The summed E-state index contributed by atoms with van der Waals surface area (Å²) in [6.07, 6.45) is 7.43. The van der Waals surface area contributed by atoms with Crippen LogP contribution in [0.25, 0.3) is 22.5 Å². The van der Waals surface area contributed by atoms with Gasteiger partial charge in [-0.2, -0.15) is 5.10 Å². The Balaban J connectivity index is 1.58. The molecule has 0 fully saturated rings. The van der Waals surface area contributed by atoms with Crippen molar-refractivity contribution in [2.24, 2.45) is 7.05 Å². The van der Waals surface area contributed by atoms with Crippen LogP contribution in [0.3, 0.4) is 0 Å². The van der Waals surface area contributed by atoms with Crippen molar-refractivity contribution in [1.82, 2.24) is 24.7 Å². The molecular weight excluding hydrogens is 348 g/mol. The summed E-state index contributed by atoms with van der Waals surface area (Å²) < 4.78 is 1.81. The van der Waals surface area contributed by atoms with Crippen LogP contribution in [0.4, 0.5) is 5.82 Å². The highest BCUT2D eigenvalue weighted by Gasteiger charge is 2.10. The summed E-state index contributed by atoms with van der Waals surface area (Å²) in [5, 5.41) is 7.73. The molecule has 0 aliphatic carbocycles. The second-order valence-corrected chi connectivity index (χ2v) is 6.80. The number of rotatable bonds is 5. The SMILES string of the molecule is Cc1nc(-c2cccnc2)nc(NCc2cccc(-c3cnn(C)c3)c2)c1C. The van der Waals surface area contributed by atoms with Crippen LogP contribution in [-0.4, -0.2) is 24.7 Å². The first-order valence-corrected chi connectivity index (χ1v) is 9.17.